The molecule has 0 aromatic carbocycles. The number of allylic oxidation sites excluding steroid dienone is 6. The molecular weight excluding hydrogens is 278 g/mol. The number of unbranched alkanes of at least 4 members (excludes halogenated alkanes) is 2. The molecule has 1 heteroatoms. The van der Waals surface area contributed by atoms with Crippen LogP contribution in [0.25, 0.3) is 0 Å². The van der Waals surface area contributed by atoms with Crippen LogP contribution in [-0.4, -0.2) is 12.8 Å². The summed E-state index contributed by atoms with van der Waals surface area (Å²) in [5.41, 5.74) is 4.18. The standard InChI is InChI=1S/C22H37N/c1-6-9-11-19(8-3)17-20-14-13-18(4)22(20)16-15-21(23-5)12-10-7-2/h13-16,19-20H,6-12,17H2,1-5H3/b16-15+,23-21?. The van der Waals surface area contributed by atoms with Crippen molar-refractivity contribution in [2.75, 3.05) is 7.05 Å². The van der Waals surface area contributed by atoms with Gasteiger partial charge in [-0.25, -0.2) is 0 Å². The fraction of sp³-hybridized carbons (Fsp3) is 0.682. The van der Waals surface area contributed by atoms with E-state index in [1.807, 2.05) is 7.05 Å². The fourth-order valence-electron chi connectivity index (χ4n) is 3.37. The highest BCUT2D eigenvalue weighted by atomic mass is 14.7. The average Bonchev–Trinajstić information content (AvgIpc) is 2.91. The molecule has 0 N–H and O–H groups in total. The monoisotopic (exact) mass is 315 g/mol. The largest absolute Gasteiger partial charge is 0.293 e. The number of hydrogen-bond donors (Lipinski definition) is 0. The lowest BCUT2D eigenvalue weighted by atomic mass is 9.85. The summed E-state index contributed by atoms with van der Waals surface area (Å²) in [7, 11) is 1.92. The van der Waals surface area contributed by atoms with Gasteiger partial charge in [-0.2, -0.15) is 0 Å². The van der Waals surface area contributed by atoms with Crippen molar-refractivity contribution in [3.63, 3.8) is 0 Å². The number of nitrogens with zero attached hydrogens (tertiary/aromatic N) is 1. The lowest BCUT2D eigenvalue weighted by Crippen LogP contribution is -2.08. The molecule has 0 bridgehead atoms. The molecule has 0 saturated heterocycles. The highest BCUT2D eigenvalue weighted by Gasteiger charge is 2.20. The van der Waals surface area contributed by atoms with Gasteiger partial charge in [0.05, 0.1) is 0 Å². The van der Waals surface area contributed by atoms with Crippen LogP contribution in [0.3, 0.4) is 0 Å². The molecule has 0 aromatic heterocycles. The van der Waals surface area contributed by atoms with Crippen LogP contribution in [0.2, 0.25) is 0 Å². The van der Waals surface area contributed by atoms with Gasteiger partial charge < -0.3 is 0 Å². The first-order valence-electron chi connectivity index (χ1n) is 9.68. The van der Waals surface area contributed by atoms with Crippen LogP contribution in [-0.2, 0) is 0 Å². The topological polar surface area (TPSA) is 12.4 Å². The minimum absolute atomic E-state index is 0.609. The second kappa shape index (κ2) is 11.4. The molecule has 23 heavy (non-hydrogen) atoms. The van der Waals surface area contributed by atoms with Crippen molar-refractivity contribution in [2.24, 2.45) is 16.8 Å². The van der Waals surface area contributed by atoms with Crippen LogP contribution in [0.4, 0.5) is 0 Å². The minimum atomic E-state index is 0.609. The Morgan fingerprint density at radius 3 is 2.57 bits per heavy atom. The molecule has 0 fully saturated rings. The minimum Gasteiger partial charge on any atom is -0.293 e. The first-order valence-corrected chi connectivity index (χ1v) is 9.68. The van der Waals surface area contributed by atoms with Gasteiger partial charge in [0.15, 0.2) is 0 Å². The summed E-state index contributed by atoms with van der Waals surface area (Å²) in [6.07, 6.45) is 19.5. The lowest BCUT2D eigenvalue weighted by molar-refractivity contribution is 0.394. The van der Waals surface area contributed by atoms with Crippen LogP contribution in [0.5, 0.6) is 0 Å². The van der Waals surface area contributed by atoms with E-state index < -0.39 is 0 Å². The molecule has 0 aromatic rings. The van der Waals surface area contributed by atoms with Crippen LogP contribution < -0.4 is 0 Å². The van der Waals surface area contributed by atoms with E-state index in [-0.39, 0.29) is 0 Å². The third kappa shape index (κ3) is 6.89. The molecule has 1 nitrogen and oxygen atoms in total. The Morgan fingerprint density at radius 2 is 1.96 bits per heavy atom. The van der Waals surface area contributed by atoms with Crippen LogP contribution >= 0.6 is 0 Å². The normalized spacial score (nSPS) is 20.0. The molecule has 1 rings (SSSR count). The summed E-state index contributed by atoms with van der Waals surface area (Å²) in [6.45, 7) is 9.12. The van der Waals surface area contributed by atoms with Gasteiger partial charge in [-0.05, 0) is 49.3 Å². The van der Waals surface area contributed by atoms with E-state index in [1.165, 1.54) is 61.8 Å². The van der Waals surface area contributed by atoms with Gasteiger partial charge in [0.2, 0.25) is 0 Å². The van der Waals surface area contributed by atoms with Crippen molar-refractivity contribution < 1.29 is 0 Å². The zero-order valence-corrected chi connectivity index (χ0v) is 16.1. The summed E-state index contributed by atoms with van der Waals surface area (Å²) in [4.78, 5) is 4.44. The molecule has 1 aliphatic rings. The van der Waals surface area contributed by atoms with Crippen molar-refractivity contribution >= 4 is 5.71 Å². The van der Waals surface area contributed by atoms with E-state index in [2.05, 4.69) is 57.0 Å². The molecule has 0 aliphatic heterocycles. The first kappa shape index (κ1) is 19.9. The summed E-state index contributed by atoms with van der Waals surface area (Å²) >= 11 is 0. The first-order chi connectivity index (χ1) is 11.2. The molecule has 0 heterocycles. The molecule has 1 aliphatic carbocycles. The SMILES string of the molecule is CCCCC(/C=C/C1=C(C)C=CC1CC(CC)CCCC)=NC. The third-order valence-corrected chi connectivity index (χ3v) is 5.09. The summed E-state index contributed by atoms with van der Waals surface area (Å²) in [5.74, 6) is 1.47. The summed E-state index contributed by atoms with van der Waals surface area (Å²) < 4.78 is 0. The van der Waals surface area contributed by atoms with Gasteiger partial charge >= 0.3 is 0 Å². The van der Waals surface area contributed by atoms with Gasteiger partial charge in [-0.15, -0.1) is 0 Å². The molecule has 0 radical (unpaired) electrons. The van der Waals surface area contributed by atoms with E-state index in [4.69, 9.17) is 0 Å². The van der Waals surface area contributed by atoms with Crippen molar-refractivity contribution in [3.05, 3.63) is 35.5 Å². The summed E-state index contributed by atoms with van der Waals surface area (Å²) in [5, 5.41) is 0. The van der Waals surface area contributed by atoms with Gasteiger partial charge in [0, 0.05) is 18.7 Å². The predicted molar refractivity (Wildman–Crippen MR) is 105 cm³/mol. The van der Waals surface area contributed by atoms with Crippen molar-refractivity contribution in [3.8, 4) is 0 Å². The van der Waals surface area contributed by atoms with E-state index >= 15 is 0 Å². The van der Waals surface area contributed by atoms with E-state index in [9.17, 15) is 0 Å². The maximum Gasteiger partial charge on any atom is 0.0344 e. The van der Waals surface area contributed by atoms with Crippen molar-refractivity contribution in [1.29, 1.82) is 0 Å². The Labute approximate surface area is 144 Å². The highest BCUT2D eigenvalue weighted by molar-refractivity contribution is 5.95. The van der Waals surface area contributed by atoms with Crippen LogP contribution in [0, 0.1) is 11.8 Å². The van der Waals surface area contributed by atoms with Crippen molar-refractivity contribution in [1.82, 2.24) is 0 Å². The van der Waals surface area contributed by atoms with Gasteiger partial charge in [0.1, 0.15) is 0 Å². The third-order valence-electron chi connectivity index (χ3n) is 5.09. The van der Waals surface area contributed by atoms with E-state index in [0.29, 0.717) is 5.92 Å². The Hall–Kier alpha value is -1.11. The fourth-order valence-corrected chi connectivity index (χ4v) is 3.37. The maximum atomic E-state index is 4.44. The van der Waals surface area contributed by atoms with Crippen molar-refractivity contribution in [2.45, 2.75) is 79.1 Å². The van der Waals surface area contributed by atoms with Crippen LogP contribution in [0.15, 0.2) is 40.4 Å². The van der Waals surface area contributed by atoms with Gasteiger partial charge in [0.25, 0.3) is 0 Å². The quantitative estimate of drug-likeness (QED) is 0.367. The number of rotatable bonds is 11. The number of hydrogen-bond acceptors (Lipinski definition) is 1. The second-order valence-electron chi connectivity index (χ2n) is 6.91. The average molecular weight is 316 g/mol. The number of aliphatic imine (C=N–C) groups is 1. The Kier molecular flexibility index (Phi) is 9.91. The van der Waals surface area contributed by atoms with Gasteiger partial charge in [-0.1, -0.05) is 71.1 Å². The smallest absolute Gasteiger partial charge is 0.0344 e. The van der Waals surface area contributed by atoms with E-state index in [1.54, 1.807) is 0 Å². The zero-order chi connectivity index (χ0) is 17.1. The molecule has 0 saturated carbocycles. The van der Waals surface area contributed by atoms with Gasteiger partial charge in [-0.3, -0.25) is 4.99 Å². The molecule has 2 unspecified atom stereocenters. The molecule has 2 atom stereocenters. The highest BCUT2D eigenvalue weighted by Crippen LogP contribution is 2.33. The summed E-state index contributed by atoms with van der Waals surface area (Å²) in [6, 6.07) is 0. The van der Waals surface area contributed by atoms with E-state index in [0.717, 1.165) is 12.3 Å². The molecular formula is C22H37N. The zero-order valence-electron chi connectivity index (χ0n) is 16.1. The Morgan fingerprint density at radius 1 is 1.22 bits per heavy atom. The molecule has 130 valence electrons. The maximum absolute atomic E-state index is 4.44. The second-order valence-corrected chi connectivity index (χ2v) is 6.91. The Balaban J connectivity index is 2.70. The lowest BCUT2D eigenvalue weighted by Gasteiger charge is -2.20. The molecule has 0 spiro atoms. The Bertz CT molecular complexity index is 451. The predicted octanol–water partition coefficient (Wildman–Crippen LogP) is 6.91. The van der Waals surface area contributed by atoms with Crippen LogP contribution in [0.1, 0.15) is 79.1 Å². The molecule has 0 amide bonds.